The van der Waals surface area contributed by atoms with Gasteiger partial charge >= 0.3 is 0 Å². The number of nitrogens with zero attached hydrogens (tertiary/aromatic N) is 1. The van der Waals surface area contributed by atoms with Crippen LogP contribution in [-0.2, 0) is 9.59 Å². The summed E-state index contributed by atoms with van der Waals surface area (Å²) in [6.07, 6.45) is 0.994. The zero-order valence-electron chi connectivity index (χ0n) is 11.0. The van der Waals surface area contributed by atoms with Crippen LogP contribution in [-0.4, -0.2) is 41.0 Å². The van der Waals surface area contributed by atoms with Crippen LogP contribution in [0.15, 0.2) is 0 Å². The molecule has 98 valence electrons. The molecule has 0 aromatic heterocycles. The van der Waals surface area contributed by atoms with Crippen LogP contribution in [0.3, 0.4) is 0 Å². The minimum absolute atomic E-state index is 0.0165. The van der Waals surface area contributed by atoms with Crippen molar-refractivity contribution < 1.29 is 14.0 Å². The van der Waals surface area contributed by atoms with Crippen molar-refractivity contribution in [3.05, 3.63) is 0 Å². The Morgan fingerprint density at radius 3 is 2.18 bits per heavy atom. The van der Waals surface area contributed by atoms with Gasteiger partial charge in [0, 0.05) is 0 Å². The normalized spacial score (nSPS) is 22.5. The molecule has 1 aliphatic heterocycles. The Labute approximate surface area is 102 Å². The molecule has 1 N–H and O–H groups in total. The van der Waals surface area contributed by atoms with E-state index in [1.165, 1.54) is 4.90 Å². The van der Waals surface area contributed by atoms with Crippen LogP contribution >= 0.6 is 0 Å². The minimum atomic E-state index is -0.944. The minimum Gasteiger partial charge on any atom is -0.340 e. The topological polar surface area (TPSA) is 49.4 Å². The highest BCUT2D eigenvalue weighted by Gasteiger charge is 2.53. The van der Waals surface area contributed by atoms with Gasteiger partial charge in [0.25, 0.3) is 0 Å². The van der Waals surface area contributed by atoms with Crippen molar-refractivity contribution in [2.45, 2.75) is 51.6 Å². The second-order valence-corrected chi connectivity index (χ2v) is 4.96. The Kier molecular flexibility index (Phi) is 3.79. The second kappa shape index (κ2) is 4.63. The summed E-state index contributed by atoms with van der Waals surface area (Å²) in [6, 6.07) is 0. The van der Waals surface area contributed by atoms with Gasteiger partial charge in [0.05, 0.1) is 6.54 Å². The fourth-order valence-electron chi connectivity index (χ4n) is 2.46. The van der Waals surface area contributed by atoms with Gasteiger partial charge in [0.2, 0.25) is 11.8 Å². The van der Waals surface area contributed by atoms with Gasteiger partial charge < -0.3 is 10.2 Å². The number of alkyl halides is 1. The Bertz CT molecular complexity index is 324. The molecule has 1 aliphatic rings. The van der Waals surface area contributed by atoms with Gasteiger partial charge in [-0.1, -0.05) is 13.8 Å². The lowest BCUT2D eigenvalue weighted by Crippen LogP contribution is -2.74. The molecule has 0 radical (unpaired) electrons. The van der Waals surface area contributed by atoms with Crippen LogP contribution in [0, 0.1) is 0 Å². The largest absolute Gasteiger partial charge is 0.340 e. The number of hydrogen-bond donors (Lipinski definition) is 1. The highest BCUT2D eigenvalue weighted by Crippen LogP contribution is 2.31. The molecule has 0 bridgehead atoms. The Morgan fingerprint density at radius 2 is 1.76 bits per heavy atom. The van der Waals surface area contributed by atoms with E-state index in [0.717, 1.165) is 0 Å². The van der Waals surface area contributed by atoms with Crippen molar-refractivity contribution in [3.63, 3.8) is 0 Å². The Hall–Kier alpha value is -1.13. The third-order valence-electron chi connectivity index (χ3n) is 3.62. The summed E-state index contributed by atoms with van der Waals surface area (Å²) in [5, 5.41) is 2.73. The number of nitrogens with one attached hydrogen (secondary N) is 1. The van der Waals surface area contributed by atoms with E-state index < -0.39 is 17.8 Å². The van der Waals surface area contributed by atoms with E-state index >= 15 is 0 Å². The standard InChI is InChI=1S/C12H21FN2O2/c1-5-12(6-2)9(16)14-11(3,4)10(17)15(12)8-7-13/h5-8H2,1-4H3,(H,14,16). The van der Waals surface area contributed by atoms with Gasteiger partial charge in [-0.15, -0.1) is 0 Å². The number of carbonyl (C=O) groups is 2. The lowest BCUT2D eigenvalue weighted by molar-refractivity contribution is -0.162. The van der Waals surface area contributed by atoms with Gasteiger partial charge in [-0.25, -0.2) is 4.39 Å². The zero-order chi connectivity index (χ0) is 13.3. The van der Waals surface area contributed by atoms with Crippen molar-refractivity contribution in [1.29, 1.82) is 0 Å². The fourth-order valence-corrected chi connectivity index (χ4v) is 2.46. The van der Waals surface area contributed by atoms with Crippen LogP contribution < -0.4 is 5.32 Å². The predicted octanol–water partition coefficient (Wildman–Crippen LogP) is 1.25. The third-order valence-corrected chi connectivity index (χ3v) is 3.62. The van der Waals surface area contributed by atoms with E-state index in [9.17, 15) is 14.0 Å². The van der Waals surface area contributed by atoms with Gasteiger partial charge in [-0.05, 0) is 26.7 Å². The van der Waals surface area contributed by atoms with E-state index in [-0.39, 0.29) is 18.4 Å². The smallest absolute Gasteiger partial charge is 0.248 e. The molecule has 2 amide bonds. The molecule has 0 aromatic rings. The molecule has 0 unspecified atom stereocenters. The van der Waals surface area contributed by atoms with Crippen molar-refractivity contribution in [1.82, 2.24) is 10.2 Å². The molecule has 0 saturated carbocycles. The van der Waals surface area contributed by atoms with Crippen LogP contribution in [0.25, 0.3) is 0 Å². The SMILES string of the molecule is CCC1(CC)C(=O)NC(C)(C)C(=O)N1CCF. The van der Waals surface area contributed by atoms with Crippen molar-refractivity contribution in [2.24, 2.45) is 0 Å². The maximum atomic E-state index is 12.6. The predicted molar refractivity (Wildman–Crippen MR) is 63.2 cm³/mol. The fraction of sp³-hybridized carbons (Fsp3) is 0.833. The van der Waals surface area contributed by atoms with E-state index in [1.807, 2.05) is 13.8 Å². The molecule has 4 nitrogen and oxygen atoms in total. The summed E-state index contributed by atoms with van der Waals surface area (Å²) in [5.41, 5.74) is -1.83. The van der Waals surface area contributed by atoms with E-state index in [4.69, 9.17) is 0 Å². The molecule has 5 heteroatoms. The van der Waals surface area contributed by atoms with Crippen molar-refractivity contribution in [3.8, 4) is 0 Å². The molecular formula is C12H21FN2O2. The summed E-state index contributed by atoms with van der Waals surface area (Å²) in [4.78, 5) is 25.9. The summed E-state index contributed by atoms with van der Waals surface area (Å²) in [6.45, 7) is 6.34. The molecule has 1 heterocycles. The quantitative estimate of drug-likeness (QED) is 0.809. The molecule has 0 aliphatic carbocycles. The molecular weight excluding hydrogens is 223 g/mol. The lowest BCUT2D eigenvalue weighted by Gasteiger charge is -2.50. The molecule has 0 spiro atoms. The van der Waals surface area contributed by atoms with Crippen LogP contribution in [0.1, 0.15) is 40.5 Å². The first-order valence-corrected chi connectivity index (χ1v) is 6.06. The van der Waals surface area contributed by atoms with Gasteiger partial charge in [-0.2, -0.15) is 0 Å². The van der Waals surface area contributed by atoms with Gasteiger partial charge in [0.15, 0.2) is 0 Å². The summed E-state index contributed by atoms with van der Waals surface area (Å²) in [5.74, 6) is -0.390. The first kappa shape index (κ1) is 13.9. The molecule has 1 rings (SSSR count). The first-order chi connectivity index (χ1) is 7.85. The number of hydrogen-bond acceptors (Lipinski definition) is 2. The monoisotopic (exact) mass is 244 g/mol. The van der Waals surface area contributed by atoms with Crippen LogP contribution in [0.2, 0.25) is 0 Å². The summed E-state index contributed by atoms with van der Waals surface area (Å²) >= 11 is 0. The average molecular weight is 244 g/mol. The van der Waals surface area contributed by atoms with E-state index in [0.29, 0.717) is 12.8 Å². The summed E-state index contributed by atoms with van der Waals surface area (Å²) in [7, 11) is 0. The maximum Gasteiger partial charge on any atom is 0.248 e. The summed E-state index contributed by atoms with van der Waals surface area (Å²) < 4.78 is 12.6. The molecule has 0 atom stereocenters. The van der Waals surface area contributed by atoms with Crippen LogP contribution in [0.4, 0.5) is 4.39 Å². The van der Waals surface area contributed by atoms with Crippen molar-refractivity contribution >= 4 is 11.8 Å². The highest BCUT2D eigenvalue weighted by molar-refractivity contribution is 6.01. The lowest BCUT2D eigenvalue weighted by atomic mass is 9.83. The van der Waals surface area contributed by atoms with Crippen molar-refractivity contribution in [2.75, 3.05) is 13.2 Å². The number of carbonyl (C=O) groups excluding carboxylic acids is 2. The molecule has 0 aromatic carbocycles. The maximum absolute atomic E-state index is 12.6. The Balaban J connectivity index is 3.20. The molecule has 1 saturated heterocycles. The first-order valence-electron chi connectivity index (χ1n) is 6.06. The second-order valence-electron chi connectivity index (χ2n) is 4.96. The van der Waals surface area contributed by atoms with E-state index in [1.54, 1.807) is 13.8 Å². The molecule has 1 fully saturated rings. The number of amides is 2. The number of piperazine rings is 1. The average Bonchev–Trinajstić information content (AvgIpc) is 2.27. The third kappa shape index (κ3) is 2.03. The highest BCUT2D eigenvalue weighted by atomic mass is 19.1. The zero-order valence-corrected chi connectivity index (χ0v) is 11.0. The Morgan fingerprint density at radius 1 is 1.24 bits per heavy atom. The van der Waals surface area contributed by atoms with E-state index in [2.05, 4.69) is 5.32 Å². The molecule has 17 heavy (non-hydrogen) atoms. The number of halogens is 1. The van der Waals surface area contributed by atoms with Crippen LogP contribution in [0.5, 0.6) is 0 Å². The number of rotatable bonds is 4. The van der Waals surface area contributed by atoms with Gasteiger partial charge in [0.1, 0.15) is 17.8 Å². The van der Waals surface area contributed by atoms with Gasteiger partial charge in [-0.3, -0.25) is 9.59 Å².